The molecule has 0 atom stereocenters. The average molecular weight is 212 g/mol. The maximum atomic E-state index is 11.5. The average Bonchev–Trinajstić information content (AvgIpc) is 2.25. The number of rotatable bonds is 5. The van der Waals surface area contributed by atoms with Crippen LogP contribution in [0, 0.1) is 11.8 Å². The lowest BCUT2D eigenvalue weighted by Crippen LogP contribution is -2.30. The molecule has 0 bridgehead atoms. The molecule has 1 fully saturated rings. The largest absolute Gasteiger partial charge is 0.356 e. The van der Waals surface area contributed by atoms with Crippen LogP contribution in [-0.2, 0) is 4.79 Å². The Labute approximate surface area is 93.0 Å². The van der Waals surface area contributed by atoms with E-state index in [0.717, 1.165) is 32.0 Å². The second-order valence-corrected chi connectivity index (χ2v) is 4.93. The molecule has 1 heterocycles. The first-order valence-corrected chi connectivity index (χ1v) is 6.16. The van der Waals surface area contributed by atoms with Crippen molar-refractivity contribution < 1.29 is 4.79 Å². The second-order valence-electron chi connectivity index (χ2n) is 4.93. The molecule has 2 N–H and O–H groups in total. The van der Waals surface area contributed by atoms with Gasteiger partial charge in [0, 0.05) is 13.0 Å². The van der Waals surface area contributed by atoms with Crippen LogP contribution in [-0.4, -0.2) is 25.5 Å². The highest BCUT2D eigenvalue weighted by molar-refractivity contribution is 5.75. The quantitative estimate of drug-likeness (QED) is 0.726. The fourth-order valence-electron chi connectivity index (χ4n) is 1.91. The molecule has 0 aromatic heterocycles. The molecule has 15 heavy (non-hydrogen) atoms. The zero-order valence-electron chi connectivity index (χ0n) is 10.0. The zero-order chi connectivity index (χ0) is 11.1. The van der Waals surface area contributed by atoms with E-state index in [4.69, 9.17) is 0 Å². The Bertz CT molecular complexity index is 186. The highest BCUT2D eigenvalue weighted by atomic mass is 16.1. The number of piperidine rings is 1. The van der Waals surface area contributed by atoms with E-state index in [9.17, 15) is 4.79 Å². The van der Waals surface area contributed by atoms with Crippen molar-refractivity contribution >= 4 is 5.91 Å². The second kappa shape index (κ2) is 6.83. The number of hydrogen-bond acceptors (Lipinski definition) is 2. The van der Waals surface area contributed by atoms with Crippen LogP contribution in [0.2, 0.25) is 0 Å². The minimum absolute atomic E-state index is 0.224. The molecule has 0 radical (unpaired) electrons. The summed E-state index contributed by atoms with van der Waals surface area (Å²) in [5.41, 5.74) is 0. The van der Waals surface area contributed by atoms with Gasteiger partial charge in [-0.2, -0.15) is 0 Å². The Morgan fingerprint density at radius 3 is 2.67 bits per heavy atom. The number of amides is 1. The van der Waals surface area contributed by atoms with Gasteiger partial charge in [-0.05, 0) is 44.2 Å². The first kappa shape index (κ1) is 12.5. The zero-order valence-corrected chi connectivity index (χ0v) is 10.0. The van der Waals surface area contributed by atoms with Crippen molar-refractivity contribution in [2.45, 2.75) is 39.5 Å². The smallest absolute Gasteiger partial charge is 0.220 e. The van der Waals surface area contributed by atoms with Gasteiger partial charge in [-0.3, -0.25) is 4.79 Å². The molecule has 1 aliphatic rings. The van der Waals surface area contributed by atoms with Gasteiger partial charge in [-0.15, -0.1) is 0 Å². The predicted octanol–water partition coefficient (Wildman–Crippen LogP) is 1.54. The molecule has 0 aromatic rings. The van der Waals surface area contributed by atoms with E-state index in [1.807, 2.05) is 0 Å². The van der Waals surface area contributed by atoms with Crippen LogP contribution < -0.4 is 10.6 Å². The Morgan fingerprint density at radius 2 is 2.07 bits per heavy atom. The molecule has 0 saturated carbocycles. The summed E-state index contributed by atoms with van der Waals surface area (Å²) >= 11 is 0. The fourth-order valence-corrected chi connectivity index (χ4v) is 1.91. The van der Waals surface area contributed by atoms with Crippen molar-refractivity contribution in [1.82, 2.24) is 10.6 Å². The molecule has 1 aliphatic heterocycles. The van der Waals surface area contributed by atoms with E-state index in [1.165, 1.54) is 12.8 Å². The van der Waals surface area contributed by atoms with Gasteiger partial charge in [-0.1, -0.05) is 13.8 Å². The van der Waals surface area contributed by atoms with Gasteiger partial charge >= 0.3 is 0 Å². The normalized spacial score (nSPS) is 18.1. The number of carbonyl (C=O) groups is 1. The van der Waals surface area contributed by atoms with Crippen molar-refractivity contribution in [1.29, 1.82) is 0 Å². The fraction of sp³-hybridized carbons (Fsp3) is 0.917. The van der Waals surface area contributed by atoms with E-state index >= 15 is 0 Å². The summed E-state index contributed by atoms with van der Waals surface area (Å²) in [6.45, 7) is 7.29. The van der Waals surface area contributed by atoms with Crippen LogP contribution in [0.5, 0.6) is 0 Å². The molecule has 0 spiro atoms. The minimum atomic E-state index is 0.224. The van der Waals surface area contributed by atoms with E-state index in [2.05, 4.69) is 24.5 Å². The van der Waals surface area contributed by atoms with Crippen molar-refractivity contribution in [3.8, 4) is 0 Å². The van der Waals surface area contributed by atoms with Crippen LogP contribution in [0.4, 0.5) is 0 Å². The maximum absolute atomic E-state index is 11.5. The van der Waals surface area contributed by atoms with Crippen molar-refractivity contribution in [3.05, 3.63) is 0 Å². The lowest BCUT2D eigenvalue weighted by Gasteiger charge is -2.22. The van der Waals surface area contributed by atoms with Gasteiger partial charge < -0.3 is 10.6 Å². The van der Waals surface area contributed by atoms with Crippen molar-refractivity contribution in [2.75, 3.05) is 19.6 Å². The molecular weight excluding hydrogens is 188 g/mol. The third-order valence-electron chi connectivity index (χ3n) is 2.95. The minimum Gasteiger partial charge on any atom is -0.356 e. The Balaban J connectivity index is 2.05. The highest BCUT2D eigenvalue weighted by Crippen LogP contribution is 2.17. The molecular formula is C12H24N2O. The summed E-state index contributed by atoms with van der Waals surface area (Å²) in [6.07, 6.45) is 4.23. The molecule has 88 valence electrons. The summed E-state index contributed by atoms with van der Waals surface area (Å²) in [7, 11) is 0. The van der Waals surface area contributed by atoms with E-state index in [0.29, 0.717) is 12.3 Å². The SMILES string of the molecule is CC(C)CNC(=O)CCC1CCNCC1. The van der Waals surface area contributed by atoms with E-state index in [1.54, 1.807) is 0 Å². The Hall–Kier alpha value is -0.570. The number of hydrogen-bond donors (Lipinski definition) is 2. The third kappa shape index (κ3) is 5.78. The first-order valence-electron chi connectivity index (χ1n) is 6.16. The van der Waals surface area contributed by atoms with Crippen molar-refractivity contribution in [3.63, 3.8) is 0 Å². The van der Waals surface area contributed by atoms with Crippen LogP contribution in [0.15, 0.2) is 0 Å². The Morgan fingerprint density at radius 1 is 1.40 bits per heavy atom. The van der Waals surface area contributed by atoms with Gasteiger partial charge in [0.05, 0.1) is 0 Å². The van der Waals surface area contributed by atoms with Gasteiger partial charge in [0.15, 0.2) is 0 Å². The highest BCUT2D eigenvalue weighted by Gasteiger charge is 2.14. The molecule has 0 aliphatic carbocycles. The topological polar surface area (TPSA) is 41.1 Å². The maximum Gasteiger partial charge on any atom is 0.220 e. The van der Waals surface area contributed by atoms with E-state index in [-0.39, 0.29) is 5.91 Å². The monoisotopic (exact) mass is 212 g/mol. The molecule has 0 unspecified atom stereocenters. The lowest BCUT2D eigenvalue weighted by atomic mass is 9.93. The van der Waals surface area contributed by atoms with Crippen LogP contribution >= 0.6 is 0 Å². The Kier molecular flexibility index (Phi) is 5.69. The van der Waals surface area contributed by atoms with Crippen LogP contribution in [0.3, 0.4) is 0 Å². The van der Waals surface area contributed by atoms with Gasteiger partial charge in [-0.25, -0.2) is 0 Å². The third-order valence-corrected chi connectivity index (χ3v) is 2.95. The van der Waals surface area contributed by atoms with Crippen LogP contribution in [0.25, 0.3) is 0 Å². The molecule has 0 aromatic carbocycles. The van der Waals surface area contributed by atoms with Gasteiger partial charge in [0.1, 0.15) is 0 Å². The summed E-state index contributed by atoms with van der Waals surface area (Å²) in [5, 5.41) is 6.31. The molecule has 3 nitrogen and oxygen atoms in total. The molecule has 3 heteroatoms. The van der Waals surface area contributed by atoms with Crippen molar-refractivity contribution in [2.24, 2.45) is 11.8 Å². The molecule has 1 saturated heterocycles. The van der Waals surface area contributed by atoms with Gasteiger partial charge in [0.25, 0.3) is 0 Å². The number of nitrogens with one attached hydrogen (secondary N) is 2. The van der Waals surface area contributed by atoms with E-state index < -0.39 is 0 Å². The molecule has 1 rings (SSSR count). The molecule has 1 amide bonds. The lowest BCUT2D eigenvalue weighted by molar-refractivity contribution is -0.121. The van der Waals surface area contributed by atoms with Gasteiger partial charge in [0.2, 0.25) is 5.91 Å². The summed E-state index contributed by atoms with van der Waals surface area (Å²) in [5.74, 6) is 1.53. The first-order chi connectivity index (χ1) is 7.18. The predicted molar refractivity (Wildman–Crippen MR) is 62.7 cm³/mol. The standard InChI is InChI=1S/C12H24N2O/c1-10(2)9-14-12(15)4-3-11-5-7-13-8-6-11/h10-11,13H,3-9H2,1-2H3,(H,14,15). The summed E-state index contributed by atoms with van der Waals surface area (Å²) in [4.78, 5) is 11.5. The van der Waals surface area contributed by atoms with Crippen LogP contribution in [0.1, 0.15) is 39.5 Å². The number of carbonyl (C=O) groups excluding carboxylic acids is 1. The summed E-state index contributed by atoms with van der Waals surface area (Å²) < 4.78 is 0. The summed E-state index contributed by atoms with van der Waals surface area (Å²) in [6, 6.07) is 0.